The molecule has 3 aromatic rings. The molecule has 34 heavy (non-hydrogen) atoms. The Kier molecular flexibility index (Phi) is 6.33. The number of nitrogens with zero attached hydrogens (tertiary/aromatic N) is 5. The van der Waals surface area contributed by atoms with Gasteiger partial charge in [-0.05, 0) is 58.1 Å². The lowest BCUT2D eigenvalue weighted by Gasteiger charge is -2.33. The molecule has 182 valence electrons. The third kappa shape index (κ3) is 4.90. The number of piperidine rings is 1. The number of carbonyl (C=O) groups excluding carboxylic acids is 2. The Morgan fingerprint density at radius 1 is 1.24 bits per heavy atom. The number of hydrogen-bond donors (Lipinski definition) is 2. The van der Waals surface area contributed by atoms with Crippen LogP contribution in [0.25, 0.3) is 16.9 Å². The van der Waals surface area contributed by atoms with E-state index in [1.807, 2.05) is 53.8 Å². The molecule has 1 saturated heterocycles. The third-order valence-corrected chi connectivity index (χ3v) is 5.92. The fourth-order valence-corrected chi connectivity index (χ4v) is 4.32. The number of carbonyl (C=O) groups is 2. The van der Waals surface area contributed by atoms with Crippen molar-refractivity contribution >= 4 is 17.6 Å². The number of pyridine rings is 1. The second-order valence-electron chi connectivity index (χ2n) is 10.2. The van der Waals surface area contributed by atoms with Gasteiger partial charge in [-0.1, -0.05) is 13.8 Å². The van der Waals surface area contributed by atoms with Crippen LogP contribution in [-0.4, -0.2) is 66.4 Å². The Bertz CT molecular complexity index is 1200. The summed E-state index contributed by atoms with van der Waals surface area (Å²) in [5.74, 6) is -0.105. The van der Waals surface area contributed by atoms with Gasteiger partial charge in [0.25, 0.3) is 5.91 Å². The first-order valence-corrected chi connectivity index (χ1v) is 11.7. The molecule has 4 rings (SSSR count). The number of nitrogens with one attached hydrogen (secondary N) is 2. The molecule has 10 heteroatoms. The summed E-state index contributed by atoms with van der Waals surface area (Å²) in [4.78, 5) is 31.5. The Hall–Kier alpha value is -3.43. The summed E-state index contributed by atoms with van der Waals surface area (Å²) < 4.78 is 7.18. The van der Waals surface area contributed by atoms with Crippen molar-refractivity contribution in [2.75, 3.05) is 13.1 Å². The van der Waals surface area contributed by atoms with E-state index in [1.165, 1.54) is 6.33 Å². The van der Waals surface area contributed by atoms with E-state index in [0.29, 0.717) is 31.6 Å². The first-order chi connectivity index (χ1) is 16.0. The number of aromatic amines is 1. The number of rotatable bonds is 4. The molecule has 0 aromatic carbocycles. The van der Waals surface area contributed by atoms with Crippen LogP contribution in [0, 0.1) is 6.92 Å². The predicted molar refractivity (Wildman–Crippen MR) is 128 cm³/mol. The fourth-order valence-electron chi connectivity index (χ4n) is 4.32. The maximum Gasteiger partial charge on any atom is 0.410 e. The summed E-state index contributed by atoms with van der Waals surface area (Å²) in [6.45, 7) is 12.7. The van der Waals surface area contributed by atoms with Crippen molar-refractivity contribution in [1.29, 1.82) is 0 Å². The quantitative estimate of drug-likeness (QED) is 0.604. The summed E-state index contributed by atoms with van der Waals surface area (Å²) in [6, 6.07) is 1.99. The third-order valence-electron chi connectivity index (χ3n) is 5.92. The molecule has 0 bridgehead atoms. The Morgan fingerprint density at radius 3 is 2.59 bits per heavy atom. The van der Waals surface area contributed by atoms with E-state index >= 15 is 0 Å². The summed E-state index contributed by atoms with van der Waals surface area (Å²) in [7, 11) is 0. The molecule has 0 unspecified atom stereocenters. The van der Waals surface area contributed by atoms with Crippen LogP contribution in [0.3, 0.4) is 0 Å². The molecular formula is C24H33N7O3. The number of fused-ring (bicyclic) bond motifs is 1. The number of ether oxygens (including phenoxy) is 1. The second kappa shape index (κ2) is 9.08. The molecule has 3 aromatic heterocycles. The standard InChI is InChI=1S/C24H33N7O3/c1-14(2)18-19(16-11-15(3)21-25-13-26-31(21)12-16)28-29-20(18)22(32)27-17-7-9-30(10-8-17)23(33)34-24(4,5)6/h11-14,17H,7-10H2,1-6H3,(H,27,32)(H,28,29). The van der Waals surface area contributed by atoms with Gasteiger partial charge in [0.15, 0.2) is 5.65 Å². The molecule has 1 aliphatic heterocycles. The van der Waals surface area contributed by atoms with Crippen LogP contribution < -0.4 is 5.32 Å². The Morgan fingerprint density at radius 2 is 1.94 bits per heavy atom. The van der Waals surface area contributed by atoms with E-state index < -0.39 is 5.60 Å². The zero-order valence-electron chi connectivity index (χ0n) is 20.7. The van der Waals surface area contributed by atoms with Gasteiger partial charge in [-0.25, -0.2) is 14.3 Å². The zero-order valence-corrected chi connectivity index (χ0v) is 20.7. The smallest absolute Gasteiger partial charge is 0.410 e. The summed E-state index contributed by atoms with van der Waals surface area (Å²) in [5, 5.41) is 14.8. The van der Waals surface area contributed by atoms with Gasteiger partial charge in [0.05, 0.1) is 5.69 Å². The molecule has 1 aliphatic rings. The van der Waals surface area contributed by atoms with Crippen molar-refractivity contribution < 1.29 is 14.3 Å². The Labute approximate surface area is 199 Å². The van der Waals surface area contributed by atoms with Crippen molar-refractivity contribution in [3.63, 3.8) is 0 Å². The van der Waals surface area contributed by atoms with Crippen LogP contribution in [0.15, 0.2) is 18.6 Å². The van der Waals surface area contributed by atoms with Gasteiger partial charge in [-0.15, -0.1) is 0 Å². The molecular weight excluding hydrogens is 434 g/mol. The lowest BCUT2D eigenvalue weighted by Crippen LogP contribution is -2.48. The van der Waals surface area contributed by atoms with E-state index in [2.05, 4.69) is 25.6 Å². The monoisotopic (exact) mass is 467 g/mol. The minimum absolute atomic E-state index is 0.0216. The van der Waals surface area contributed by atoms with Crippen molar-refractivity contribution in [2.45, 2.75) is 71.9 Å². The first kappa shape index (κ1) is 23.7. The molecule has 0 aliphatic carbocycles. The fraction of sp³-hybridized carbons (Fsp3) is 0.542. The normalized spacial score (nSPS) is 15.2. The number of aromatic nitrogens is 5. The molecule has 0 radical (unpaired) electrons. The number of likely N-dealkylation sites (tertiary alicyclic amines) is 1. The average Bonchev–Trinajstić information content (AvgIpc) is 3.40. The minimum Gasteiger partial charge on any atom is -0.444 e. The van der Waals surface area contributed by atoms with Crippen molar-refractivity contribution in [3.8, 4) is 11.3 Å². The largest absolute Gasteiger partial charge is 0.444 e. The van der Waals surface area contributed by atoms with Gasteiger partial charge >= 0.3 is 6.09 Å². The number of hydrogen-bond acceptors (Lipinski definition) is 6. The molecule has 2 amide bonds. The molecule has 0 saturated carbocycles. The maximum absolute atomic E-state index is 13.2. The summed E-state index contributed by atoms with van der Waals surface area (Å²) >= 11 is 0. The van der Waals surface area contributed by atoms with Crippen LogP contribution in [0.2, 0.25) is 0 Å². The van der Waals surface area contributed by atoms with E-state index in [0.717, 1.165) is 28.0 Å². The van der Waals surface area contributed by atoms with Gasteiger partial charge in [-0.2, -0.15) is 10.2 Å². The van der Waals surface area contributed by atoms with Crippen LogP contribution in [-0.2, 0) is 4.74 Å². The lowest BCUT2D eigenvalue weighted by atomic mass is 9.96. The number of aryl methyl sites for hydroxylation is 1. The van der Waals surface area contributed by atoms with Gasteiger partial charge in [0.1, 0.15) is 17.6 Å². The predicted octanol–water partition coefficient (Wildman–Crippen LogP) is 3.68. The van der Waals surface area contributed by atoms with Crippen LogP contribution in [0.5, 0.6) is 0 Å². The van der Waals surface area contributed by atoms with Crippen LogP contribution >= 0.6 is 0 Å². The summed E-state index contributed by atoms with van der Waals surface area (Å²) in [5.41, 5.74) is 4.20. The average molecular weight is 468 g/mol. The van der Waals surface area contributed by atoms with Crippen molar-refractivity contribution in [2.24, 2.45) is 0 Å². The van der Waals surface area contributed by atoms with Gasteiger partial charge in [0, 0.05) is 36.5 Å². The highest BCUT2D eigenvalue weighted by Crippen LogP contribution is 2.31. The van der Waals surface area contributed by atoms with Gasteiger partial charge in [-0.3, -0.25) is 9.89 Å². The zero-order chi connectivity index (χ0) is 24.6. The van der Waals surface area contributed by atoms with E-state index in [9.17, 15) is 9.59 Å². The van der Waals surface area contributed by atoms with Crippen molar-refractivity contribution in [3.05, 3.63) is 35.4 Å². The van der Waals surface area contributed by atoms with Crippen LogP contribution in [0.1, 0.15) is 75.0 Å². The van der Waals surface area contributed by atoms with E-state index in [-0.39, 0.29) is 24.0 Å². The topological polar surface area (TPSA) is 118 Å². The minimum atomic E-state index is -0.523. The molecule has 0 spiro atoms. The molecule has 4 heterocycles. The lowest BCUT2D eigenvalue weighted by molar-refractivity contribution is 0.0199. The highest BCUT2D eigenvalue weighted by molar-refractivity contribution is 5.96. The van der Waals surface area contributed by atoms with Crippen LogP contribution in [0.4, 0.5) is 4.79 Å². The highest BCUT2D eigenvalue weighted by Gasteiger charge is 2.29. The Balaban J connectivity index is 1.48. The van der Waals surface area contributed by atoms with Gasteiger partial charge < -0.3 is 15.0 Å². The molecule has 0 atom stereocenters. The maximum atomic E-state index is 13.2. The van der Waals surface area contributed by atoms with E-state index in [1.54, 1.807) is 9.42 Å². The highest BCUT2D eigenvalue weighted by atomic mass is 16.6. The summed E-state index contributed by atoms with van der Waals surface area (Å²) in [6.07, 6.45) is 4.44. The number of H-pyrrole nitrogens is 1. The van der Waals surface area contributed by atoms with Gasteiger partial charge in [0.2, 0.25) is 0 Å². The SMILES string of the molecule is Cc1cc(-c2n[nH]c(C(=O)NC3CCN(C(=O)OC(C)(C)C)CC3)c2C(C)C)cn2ncnc12. The molecule has 2 N–H and O–H groups in total. The van der Waals surface area contributed by atoms with E-state index in [4.69, 9.17) is 4.74 Å². The second-order valence-corrected chi connectivity index (χ2v) is 10.2. The van der Waals surface area contributed by atoms with Crippen molar-refractivity contribution in [1.82, 2.24) is 35.0 Å². The number of amides is 2. The molecule has 10 nitrogen and oxygen atoms in total. The molecule has 1 fully saturated rings. The first-order valence-electron chi connectivity index (χ1n) is 11.7.